The van der Waals surface area contributed by atoms with Crippen LogP contribution in [0, 0.1) is 11.3 Å². The van der Waals surface area contributed by atoms with Gasteiger partial charge in [-0.3, -0.25) is 0 Å². The molecule has 1 fully saturated rings. The Kier molecular flexibility index (Phi) is 3.50. The summed E-state index contributed by atoms with van der Waals surface area (Å²) in [5.74, 6) is 0.778. The maximum atomic E-state index is 9.31. The van der Waals surface area contributed by atoms with Gasteiger partial charge in [0.1, 0.15) is 11.3 Å². The number of rotatable bonds is 3. The van der Waals surface area contributed by atoms with Crippen molar-refractivity contribution in [3.05, 3.63) is 24.3 Å². The molecule has 1 N–H and O–H groups in total. The van der Waals surface area contributed by atoms with Gasteiger partial charge in [0, 0.05) is 18.4 Å². The molecular weight excluding hydrogens is 216 g/mol. The number of benzene rings is 1. The molecule has 0 spiro atoms. The minimum Gasteiger partial charge on any atom is -0.497 e. The van der Waals surface area contributed by atoms with Gasteiger partial charge < -0.3 is 14.8 Å². The first kappa shape index (κ1) is 11.7. The predicted octanol–water partition coefficient (Wildman–Crippen LogP) is 2.18. The Labute approximate surface area is 101 Å². The maximum Gasteiger partial charge on any atom is 0.149 e. The lowest BCUT2D eigenvalue weighted by molar-refractivity contribution is 0.0666. The number of nitriles is 1. The molecule has 1 aliphatic heterocycles. The first-order chi connectivity index (χ1) is 8.28. The summed E-state index contributed by atoms with van der Waals surface area (Å²) in [7, 11) is 1.63. The van der Waals surface area contributed by atoms with Crippen LogP contribution in [0.4, 0.5) is 5.69 Å². The van der Waals surface area contributed by atoms with E-state index in [9.17, 15) is 5.26 Å². The minimum atomic E-state index is -0.607. The number of hydrogen-bond acceptors (Lipinski definition) is 4. The second kappa shape index (κ2) is 5.07. The summed E-state index contributed by atoms with van der Waals surface area (Å²) >= 11 is 0. The highest BCUT2D eigenvalue weighted by atomic mass is 16.5. The summed E-state index contributed by atoms with van der Waals surface area (Å²) < 4.78 is 10.5. The molecule has 0 aromatic heterocycles. The summed E-state index contributed by atoms with van der Waals surface area (Å²) in [6.45, 7) is 1.17. The molecule has 0 radical (unpaired) electrons. The Hall–Kier alpha value is -1.73. The van der Waals surface area contributed by atoms with Crippen LogP contribution in [0.25, 0.3) is 0 Å². The van der Waals surface area contributed by atoms with Gasteiger partial charge in [0.25, 0.3) is 0 Å². The standard InChI is InChI=1S/C13H16N2O2/c1-16-12-5-2-4-11(8-12)15-13(9-14)6-3-7-17-10-13/h2,4-5,8,15H,3,6-7,10H2,1H3. The van der Waals surface area contributed by atoms with Gasteiger partial charge in [0.05, 0.1) is 19.8 Å². The zero-order valence-electron chi connectivity index (χ0n) is 9.90. The number of anilines is 1. The molecule has 0 aliphatic carbocycles. The van der Waals surface area contributed by atoms with E-state index in [4.69, 9.17) is 9.47 Å². The average Bonchev–Trinajstić information content (AvgIpc) is 2.40. The van der Waals surface area contributed by atoms with E-state index >= 15 is 0 Å². The Morgan fingerprint density at radius 3 is 3.06 bits per heavy atom. The summed E-state index contributed by atoms with van der Waals surface area (Å²) in [5.41, 5.74) is 0.279. The van der Waals surface area contributed by atoms with Gasteiger partial charge >= 0.3 is 0 Å². The van der Waals surface area contributed by atoms with E-state index in [1.165, 1.54) is 0 Å². The fourth-order valence-electron chi connectivity index (χ4n) is 1.99. The van der Waals surface area contributed by atoms with E-state index in [2.05, 4.69) is 11.4 Å². The SMILES string of the molecule is COc1cccc(NC2(C#N)CCCOC2)c1. The van der Waals surface area contributed by atoms with Crippen molar-refractivity contribution in [1.82, 2.24) is 0 Å². The highest BCUT2D eigenvalue weighted by molar-refractivity contribution is 5.51. The van der Waals surface area contributed by atoms with Gasteiger partial charge in [-0.25, -0.2) is 0 Å². The van der Waals surface area contributed by atoms with Crippen molar-refractivity contribution in [2.24, 2.45) is 0 Å². The second-order valence-corrected chi connectivity index (χ2v) is 4.21. The zero-order chi connectivity index (χ0) is 12.1. The normalized spacial score (nSPS) is 23.8. The molecule has 1 unspecified atom stereocenters. The van der Waals surface area contributed by atoms with Crippen LogP contribution in [0.15, 0.2) is 24.3 Å². The number of nitrogens with one attached hydrogen (secondary N) is 1. The largest absolute Gasteiger partial charge is 0.497 e. The average molecular weight is 232 g/mol. The van der Waals surface area contributed by atoms with Crippen molar-refractivity contribution in [1.29, 1.82) is 5.26 Å². The van der Waals surface area contributed by atoms with Crippen molar-refractivity contribution >= 4 is 5.69 Å². The molecule has 1 aromatic rings. The molecule has 0 amide bonds. The number of ether oxygens (including phenoxy) is 2. The van der Waals surface area contributed by atoms with Crippen LogP contribution in [0.2, 0.25) is 0 Å². The molecule has 1 saturated heterocycles. The van der Waals surface area contributed by atoms with Crippen LogP contribution in [0.5, 0.6) is 5.75 Å². The van der Waals surface area contributed by atoms with Crippen molar-refractivity contribution < 1.29 is 9.47 Å². The van der Waals surface area contributed by atoms with E-state index in [1.807, 2.05) is 24.3 Å². The van der Waals surface area contributed by atoms with Gasteiger partial charge in [-0.15, -0.1) is 0 Å². The van der Waals surface area contributed by atoms with Crippen LogP contribution >= 0.6 is 0 Å². The first-order valence-corrected chi connectivity index (χ1v) is 5.69. The summed E-state index contributed by atoms with van der Waals surface area (Å²) in [6.07, 6.45) is 1.71. The van der Waals surface area contributed by atoms with Gasteiger partial charge in [-0.05, 0) is 25.0 Å². The third-order valence-corrected chi connectivity index (χ3v) is 2.91. The smallest absolute Gasteiger partial charge is 0.149 e. The van der Waals surface area contributed by atoms with E-state index in [1.54, 1.807) is 7.11 Å². The lowest BCUT2D eigenvalue weighted by Crippen LogP contribution is -2.44. The van der Waals surface area contributed by atoms with Crippen LogP contribution in [-0.2, 0) is 4.74 Å². The third kappa shape index (κ3) is 2.69. The number of methoxy groups -OCH3 is 1. The Bertz CT molecular complexity index is 420. The van der Waals surface area contributed by atoms with E-state index in [0.717, 1.165) is 30.9 Å². The fraction of sp³-hybridized carbons (Fsp3) is 0.462. The molecule has 4 heteroatoms. The molecule has 0 bridgehead atoms. The molecule has 17 heavy (non-hydrogen) atoms. The van der Waals surface area contributed by atoms with E-state index in [0.29, 0.717) is 6.61 Å². The third-order valence-electron chi connectivity index (χ3n) is 2.91. The number of hydrogen-bond donors (Lipinski definition) is 1. The monoisotopic (exact) mass is 232 g/mol. The minimum absolute atomic E-state index is 0.431. The molecular formula is C13H16N2O2. The van der Waals surface area contributed by atoms with Crippen LogP contribution in [0.1, 0.15) is 12.8 Å². The van der Waals surface area contributed by atoms with Crippen molar-refractivity contribution in [3.8, 4) is 11.8 Å². The van der Waals surface area contributed by atoms with Gasteiger partial charge in [-0.2, -0.15) is 5.26 Å². The van der Waals surface area contributed by atoms with Crippen molar-refractivity contribution in [2.45, 2.75) is 18.4 Å². The molecule has 2 rings (SSSR count). The quantitative estimate of drug-likeness (QED) is 0.867. The van der Waals surface area contributed by atoms with E-state index < -0.39 is 5.54 Å². The molecule has 1 aromatic carbocycles. The predicted molar refractivity (Wildman–Crippen MR) is 65.0 cm³/mol. The highest BCUT2D eigenvalue weighted by Gasteiger charge is 2.32. The highest BCUT2D eigenvalue weighted by Crippen LogP contribution is 2.26. The van der Waals surface area contributed by atoms with Crippen LogP contribution in [0.3, 0.4) is 0 Å². The topological polar surface area (TPSA) is 54.3 Å². The summed E-state index contributed by atoms with van der Waals surface area (Å²) in [5, 5.41) is 12.6. The van der Waals surface area contributed by atoms with Gasteiger partial charge in [-0.1, -0.05) is 6.07 Å². The van der Waals surface area contributed by atoms with Crippen LogP contribution < -0.4 is 10.1 Å². The summed E-state index contributed by atoms with van der Waals surface area (Å²) in [4.78, 5) is 0. The molecule has 90 valence electrons. The van der Waals surface area contributed by atoms with Crippen LogP contribution in [-0.4, -0.2) is 25.9 Å². The molecule has 1 atom stereocenters. The number of nitrogens with zero attached hydrogens (tertiary/aromatic N) is 1. The Morgan fingerprint density at radius 1 is 1.53 bits per heavy atom. The lowest BCUT2D eigenvalue weighted by atomic mass is 9.94. The lowest BCUT2D eigenvalue weighted by Gasteiger charge is -2.32. The second-order valence-electron chi connectivity index (χ2n) is 4.21. The van der Waals surface area contributed by atoms with Gasteiger partial charge in [0.2, 0.25) is 0 Å². The van der Waals surface area contributed by atoms with Gasteiger partial charge in [0.15, 0.2) is 0 Å². The molecule has 1 heterocycles. The maximum absolute atomic E-state index is 9.31. The van der Waals surface area contributed by atoms with E-state index in [-0.39, 0.29) is 0 Å². The fourth-order valence-corrected chi connectivity index (χ4v) is 1.99. The van der Waals surface area contributed by atoms with Crippen molar-refractivity contribution in [3.63, 3.8) is 0 Å². The Morgan fingerprint density at radius 2 is 2.41 bits per heavy atom. The Balaban J connectivity index is 2.15. The molecule has 4 nitrogen and oxygen atoms in total. The van der Waals surface area contributed by atoms with Crippen molar-refractivity contribution in [2.75, 3.05) is 25.6 Å². The molecule has 1 aliphatic rings. The molecule has 0 saturated carbocycles. The summed E-state index contributed by atoms with van der Waals surface area (Å²) in [6, 6.07) is 9.91. The first-order valence-electron chi connectivity index (χ1n) is 5.69. The zero-order valence-corrected chi connectivity index (χ0v) is 9.90.